The van der Waals surface area contributed by atoms with Gasteiger partial charge in [-0.05, 0) is 47.4 Å². The number of carbonyl (C=O) groups excluding carboxylic acids is 1. The summed E-state index contributed by atoms with van der Waals surface area (Å²) in [6.07, 6.45) is 6.74. The molecule has 1 aliphatic rings. The molecule has 1 aromatic heterocycles. The maximum Gasteiger partial charge on any atom is 0.261 e. The lowest BCUT2D eigenvalue weighted by Gasteiger charge is -2.16. The Morgan fingerprint density at radius 3 is 2.37 bits per heavy atom. The predicted octanol–water partition coefficient (Wildman–Crippen LogP) is 4.65. The van der Waals surface area contributed by atoms with Crippen LogP contribution >= 0.6 is 0 Å². The lowest BCUT2D eigenvalue weighted by molar-refractivity contribution is 0.0932. The van der Waals surface area contributed by atoms with Crippen molar-refractivity contribution in [3.05, 3.63) is 70.5 Å². The van der Waals surface area contributed by atoms with Gasteiger partial charge in [0.15, 0.2) is 0 Å². The first-order valence-electron chi connectivity index (χ1n) is 9.74. The van der Waals surface area contributed by atoms with E-state index in [-0.39, 0.29) is 23.1 Å². The smallest absolute Gasteiger partial charge is 0.261 e. The second kappa shape index (κ2) is 7.78. The van der Waals surface area contributed by atoms with E-state index in [1.807, 2.05) is 42.5 Å². The molecule has 0 radical (unpaired) electrons. The van der Waals surface area contributed by atoms with Crippen LogP contribution in [0.25, 0.3) is 22.0 Å². The number of carbonyl (C=O) groups is 1. The molecule has 1 fully saturated rings. The maximum absolute atomic E-state index is 12.5. The van der Waals surface area contributed by atoms with Gasteiger partial charge in [0.05, 0.1) is 0 Å². The molecule has 0 aliphatic heterocycles. The van der Waals surface area contributed by atoms with Crippen LogP contribution in [0.4, 0.5) is 0 Å². The highest BCUT2D eigenvalue weighted by Crippen LogP contribution is 2.22. The Hall–Kier alpha value is -2.88. The summed E-state index contributed by atoms with van der Waals surface area (Å²) < 4.78 is 0. The van der Waals surface area contributed by atoms with Crippen LogP contribution in [-0.4, -0.2) is 16.9 Å². The Bertz CT molecular complexity index is 1010. The van der Waals surface area contributed by atoms with Crippen LogP contribution < -0.4 is 10.9 Å². The molecule has 0 bridgehead atoms. The fraction of sp³-hybridized carbons (Fsp3) is 0.304. The van der Waals surface area contributed by atoms with Gasteiger partial charge in [-0.25, -0.2) is 0 Å². The third kappa shape index (κ3) is 3.95. The van der Waals surface area contributed by atoms with Crippen molar-refractivity contribution in [3.63, 3.8) is 0 Å². The van der Waals surface area contributed by atoms with Crippen molar-refractivity contribution in [2.45, 2.75) is 44.6 Å². The van der Waals surface area contributed by atoms with Gasteiger partial charge in [0.1, 0.15) is 5.56 Å². The van der Waals surface area contributed by atoms with E-state index in [1.54, 1.807) is 6.07 Å². The summed E-state index contributed by atoms with van der Waals surface area (Å²) in [5, 5.41) is 5.31. The van der Waals surface area contributed by atoms with Crippen molar-refractivity contribution >= 4 is 16.7 Å². The summed E-state index contributed by atoms with van der Waals surface area (Å²) in [5.41, 5.74) is 1.49. The van der Waals surface area contributed by atoms with E-state index in [0.29, 0.717) is 0 Å². The molecule has 2 aromatic carbocycles. The molecule has 1 aliphatic carbocycles. The summed E-state index contributed by atoms with van der Waals surface area (Å²) in [4.78, 5) is 27.9. The Morgan fingerprint density at radius 2 is 1.63 bits per heavy atom. The lowest BCUT2D eigenvalue weighted by Crippen LogP contribution is -2.37. The van der Waals surface area contributed by atoms with Crippen molar-refractivity contribution in [3.8, 4) is 11.3 Å². The zero-order valence-corrected chi connectivity index (χ0v) is 15.3. The minimum atomic E-state index is -0.341. The molecule has 4 heteroatoms. The van der Waals surface area contributed by atoms with Crippen molar-refractivity contribution in [2.24, 2.45) is 0 Å². The van der Waals surface area contributed by atoms with Crippen LogP contribution in [0.3, 0.4) is 0 Å². The second-order valence-corrected chi connectivity index (χ2v) is 7.34. The summed E-state index contributed by atoms with van der Waals surface area (Å²) in [6.45, 7) is 0. The van der Waals surface area contributed by atoms with Crippen LogP contribution in [-0.2, 0) is 0 Å². The molecule has 0 atom stereocenters. The molecular formula is C23H24N2O2. The number of amides is 1. The van der Waals surface area contributed by atoms with Gasteiger partial charge in [-0.1, -0.05) is 62.1 Å². The quantitative estimate of drug-likeness (QED) is 0.668. The summed E-state index contributed by atoms with van der Waals surface area (Å²) in [6, 6.07) is 17.8. The number of nitrogens with one attached hydrogen (secondary N) is 2. The number of hydrogen-bond donors (Lipinski definition) is 2. The zero-order valence-electron chi connectivity index (χ0n) is 15.3. The number of benzene rings is 2. The summed E-state index contributed by atoms with van der Waals surface area (Å²) in [7, 11) is 0. The molecule has 2 N–H and O–H groups in total. The van der Waals surface area contributed by atoms with Crippen molar-refractivity contribution in [1.29, 1.82) is 0 Å². The molecule has 0 spiro atoms. The van der Waals surface area contributed by atoms with Gasteiger partial charge in [0, 0.05) is 11.7 Å². The van der Waals surface area contributed by atoms with E-state index in [2.05, 4.69) is 16.4 Å². The molecule has 4 rings (SSSR count). The highest BCUT2D eigenvalue weighted by Gasteiger charge is 2.18. The molecule has 1 amide bonds. The maximum atomic E-state index is 12.5. The van der Waals surface area contributed by atoms with E-state index in [4.69, 9.17) is 0 Å². The SMILES string of the molecule is O=C(NC1CCCCCC1)c1ccc(-c2ccc3ccccc3c2)[nH]c1=O. The zero-order chi connectivity index (χ0) is 18.6. The molecule has 4 nitrogen and oxygen atoms in total. The lowest BCUT2D eigenvalue weighted by atomic mass is 10.0. The average Bonchev–Trinajstić information content (AvgIpc) is 2.96. The Labute approximate surface area is 158 Å². The largest absolute Gasteiger partial charge is 0.349 e. The fourth-order valence-electron chi connectivity index (χ4n) is 3.86. The minimum Gasteiger partial charge on any atom is -0.349 e. The van der Waals surface area contributed by atoms with Gasteiger partial charge < -0.3 is 10.3 Å². The van der Waals surface area contributed by atoms with Crippen LogP contribution in [0.2, 0.25) is 0 Å². The number of aromatic nitrogens is 1. The van der Waals surface area contributed by atoms with Crippen molar-refractivity contribution in [1.82, 2.24) is 10.3 Å². The number of rotatable bonds is 3. The van der Waals surface area contributed by atoms with Gasteiger partial charge >= 0.3 is 0 Å². The molecule has 3 aromatic rings. The van der Waals surface area contributed by atoms with Gasteiger partial charge in [0.2, 0.25) is 0 Å². The van der Waals surface area contributed by atoms with E-state index < -0.39 is 0 Å². The van der Waals surface area contributed by atoms with Crippen LogP contribution in [0.1, 0.15) is 48.9 Å². The van der Waals surface area contributed by atoms with Crippen molar-refractivity contribution < 1.29 is 4.79 Å². The van der Waals surface area contributed by atoms with Gasteiger partial charge in [-0.2, -0.15) is 0 Å². The van der Waals surface area contributed by atoms with Gasteiger partial charge in [0.25, 0.3) is 11.5 Å². The predicted molar refractivity (Wildman–Crippen MR) is 109 cm³/mol. The average molecular weight is 360 g/mol. The molecular weight excluding hydrogens is 336 g/mol. The fourth-order valence-corrected chi connectivity index (χ4v) is 3.86. The third-order valence-corrected chi connectivity index (χ3v) is 5.40. The normalized spacial score (nSPS) is 15.4. The molecule has 0 unspecified atom stereocenters. The number of fused-ring (bicyclic) bond motifs is 1. The summed E-state index contributed by atoms with van der Waals surface area (Å²) >= 11 is 0. The standard InChI is InChI=1S/C23H24N2O2/c26-22(24-19-9-3-1-2-4-10-19)20-13-14-21(25-23(20)27)18-12-11-16-7-5-6-8-17(16)15-18/h5-8,11-15,19H,1-4,9-10H2,(H,24,26)(H,25,27). The molecule has 1 heterocycles. The topological polar surface area (TPSA) is 62.0 Å². The van der Waals surface area contributed by atoms with Gasteiger partial charge in [-0.3, -0.25) is 9.59 Å². The Balaban J connectivity index is 1.56. The van der Waals surface area contributed by atoms with E-state index in [1.165, 1.54) is 12.8 Å². The second-order valence-electron chi connectivity index (χ2n) is 7.34. The minimum absolute atomic E-state index is 0.180. The number of hydrogen-bond acceptors (Lipinski definition) is 2. The number of pyridine rings is 1. The molecule has 27 heavy (non-hydrogen) atoms. The van der Waals surface area contributed by atoms with E-state index >= 15 is 0 Å². The Morgan fingerprint density at radius 1 is 0.889 bits per heavy atom. The van der Waals surface area contributed by atoms with Crippen molar-refractivity contribution in [2.75, 3.05) is 0 Å². The first-order chi connectivity index (χ1) is 13.2. The Kier molecular flexibility index (Phi) is 5.05. The van der Waals surface area contributed by atoms with Crippen LogP contribution in [0.5, 0.6) is 0 Å². The number of H-pyrrole nitrogens is 1. The molecule has 138 valence electrons. The van der Waals surface area contributed by atoms with Gasteiger partial charge in [-0.15, -0.1) is 0 Å². The van der Waals surface area contributed by atoms with Crippen LogP contribution in [0.15, 0.2) is 59.4 Å². The monoisotopic (exact) mass is 360 g/mol. The highest BCUT2D eigenvalue weighted by atomic mass is 16.2. The van der Waals surface area contributed by atoms with Crippen LogP contribution in [0, 0.1) is 0 Å². The molecule has 0 saturated heterocycles. The first kappa shape index (κ1) is 17.5. The van der Waals surface area contributed by atoms with E-state index in [0.717, 1.165) is 47.7 Å². The molecule has 1 saturated carbocycles. The third-order valence-electron chi connectivity index (χ3n) is 5.40. The van der Waals surface area contributed by atoms with E-state index in [9.17, 15) is 9.59 Å². The summed E-state index contributed by atoms with van der Waals surface area (Å²) in [5.74, 6) is -0.270. The number of aromatic amines is 1. The first-order valence-corrected chi connectivity index (χ1v) is 9.74. The highest BCUT2D eigenvalue weighted by molar-refractivity contribution is 5.94.